The molecule has 0 fully saturated rings. The zero-order valence-corrected chi connectivity index (χ0v) is 12.5. The van der Waals surface area contributed by atoms with Gasteiger partial charge in [-0.15, -0.1) is 33.8 Å². The van der Waals surface area contributed by atoms with Crippen LogP contribution in [-0.2, 0) is 0 Å². The quantitative estimate of drug-likeness (QED) is 0.298. The SMILES string of the molecule is ClCCCCCC[Si](Cl)(Cl)c1ccccc1. The fraction of sp³-hybridized carbons (Fsp3) is 0.500. The summed E-state index contributed by atoms with van der Waals surface area (Å²) < 4.78 is 0. The largest absolute Gasteiger partial charge is 0.280 e. The number of halogens is 3. The van der Waals surface area contributed by atoms with Gasteiger partial charge in [-0.1, -0.05) is 49.6 Å². The molecule has 16 heavy (non-hydrogen) atoms. The fourth-order valence-electron chi connectivity index (χ4n) is 1.62. The molecule has 0 bridgehead atoms. The van der Waals surface area contributed by atoms with Crippen LogP contribution in [0.2, 0.25) is 6.04 Å². The standard InChI is InChI=1S/C12H17Cl3Si/c13-10-6-1-2-7-11-16(14,15)12-8-4-3-5-9-12/h3-5,8-9H,1-2,6-7,10-11H2. The topological polar surface area (TPSA) is 0 Å². The summed E-state index contributed by atoms with van der Waals surface area (Å²) in [4.78, 5) is 0. The van der Waals surface area contributed by atoms with Crippen LogP contribution in [0.3, 0.4) is 0 Å². The molecule has 0 aromatic heterocycles. The Morgan fingerprint density at radius 2 is 1.50 bits per heavy atom. The van der Waals surface area contributed by atoms with Crippen molar-refractivity contribution in [2.45, 2.75) is 31.7 Å². The Morgan fingerprint density at radius 1 is 0.875 bits per heavy atom. The molecule has 0 N–H and O–H groups in total. The second-order valence-corrected chi connectivity index (χ2v) is 11.2. The van der Waals surface area contributed by atoms with Crippen molar-refractivity contribution >= 4 is 45.6 Å². The molecule has 0 atom stereocenters. The van der Waals surface area contributed by atoms with Crippen LogP contribution in [0.1, 0.15) is 25.7 Å². The van der Waals surface area contributed by atoms with Crippen LogP contribution in [-0.4, -0.2) is 12.6 Å². The van der Waals surface area contributed by atoms with Crippen molar-refractivity contribution in [3.05, 3.63) is 30.3 Å². The van der Waals surface area contributed by atoms with Crippen molar-refractivity contribution in [1.82, 2.24) is 0 Å². The molecule has 90 valence electrons. The van der Waals surface area contributed by atoms with Gasteiger partial charge in [-0.05, 0) is 17.7 Å². The number of hydrogen-bond acceptors (Lipinski definition) is 0. The van der Waals surface area contributed by atoms with Gasteiger partial charge in [-0.25, -0.2) is 0 Å². The molecule has 0 nitrogen and oxygen atoms in total. The van der Waals surface area contributed by atoms with E-state index < -0.39 is 6.69 Å². The number of unbranched alkanes of at least 4 members (excludes halogenated alkanes) is 3. The summed E-state index contributed by atoms with van der Waals surface area (Å²) in [5, 5.41) is 1.12. The zero-order chi connectivity index (χ0) is 11.9. The van der Waals surface area contributed by atoms with Gasteiger partial charge in [-0.2, -0.15) is 0 Å². The van der Waals surface area contributed by atoms with E-state index in [0.29, 0.717) is 0 Å². The van der Waals surface area contributed by atoms with Gasteiger partial charge in [0.2, 0.25) is 0 Å². The van der Waals surface area contributed by atoms with E-state index in [-0.39, 0.29) is 0 Å². The van der Waals surface area contributed by atoms with Crippen LogP contribution >= 0.6 is 33.8 Å². The summed E-state index contributed by atoms with van der Waals surface area (Å²) in [6, 6.07) is 11.0. The third-order valence-electron chi connectivity index (χ3n) is 2.57. The first-order valence-corrected chi connectivity index (χ1v) is 10.4. The highest BCUT2D eigenvalue weighted by Crippen LogP contribution is 2.23. The fourth-order valence-corrected chi connectivity index (χ4v) is 5.03. The highest BCUT2D eigenvalue weighted by Gasteiger charge is 2.29. The molecule has 0 amide bonds. The van der Waals surface area contributed by atoms with Crippen LogP contribution in [0, 0.1) is 0 Å². The van der Waals surface area contributed by atoms with Crippen LogP contribution in [0.5, 0.6) is 0 Å². The second-order valence-electron chi connectivity index (χ2n) is 3.92. The number of alkyl halides is 1. The summed E-state index contributed by atoms with van der Waals surface area (Å²) >= 11 is 18.5. The summed E-state index contributed by atoms with van der Waals surface area (Å²) in [6.45, 7) is -2.23. The average molecular weight is 296 g/mol. The van der Waals surface area contributed by atoms with E-state index in [9.17, 15) is 0 Å². The molecule has 0 radical (unpaired) electrons. The lowest BCUT2D eigenvalue weighted by atomic mass is 10.2. The van der Waals surface area contributed by atoms with E-state index in [1.165, 1.54) is 12.8 Å². The summed E-state index contributed by atoms with van der Waals surface area (Å²) in [6.07, 6.45) is 4.54. The maximum atomic E-state index is 6.45. The van der Waals surface area contributed by atoms with Crippen LogP contribution in [0.25, 0.3) is 0 Å². The zero-order valence-electron chi connectivity index (χ0n) is 9.26. The maximum Gasteiger partial charge on any atom is 0.280 e. The minimum absolute atomic E-state index is 0.753. The molecule has 0 heterocycles. The first-order valence-electron chi connectivity index (χ1n) is 5.66. The van der Waals surface area contributed by atoms with Gasteiger partial charge in [0.1, 0.15) is 0 Å². The molecule has 1 aromatic carbocycles. The lowest BCUT2D eigenvalue weighted by Crippen LogP contribution is -2.35. The van der Waals surface area contributed by atoms with Crippen molar-refractivity contribution < 1.29 is 0 Å². The van der Waals surface area contributed by atoms with Crippen molar-refractivity contribution in [1.29, 1.82) is 0 Å². The molecule has 0 aliphatic rings. The Morgan fingerprint density at radius 3 is 2.12 bits per heavy atom. The van der Waals surface area contributed by atoms with Crippen LogP contribution in [0.15, 0.2) is 30.3 Å². The molecule has 1 aromatic rings. The van der Waals surface area contributed by atoms with Crippen LogP contribution < -0.4 is 5.19 Å². The molecular formula is C12H17Cl3Si. The molecule has 0 aliphatic carbocycles. The number of benzene rings is 1. The molecule has 1 rings (SSSR count). The predicted molar refractivity (Wildman–Crippen MR) is 77.5 cm³/mol. The minimum Gasteiger partial charge on any atom is -0.140 e. The van der Waals surface area contributed by atoms with Gasteiger partial charge in [0.15, 0.2) is 0 Å². The summed E-state index contributed by atoms with van der Waals surface area (Å²) in [7, 11) is 0. The van der Waals surface area contributed by atoms with E-state index in [1.807, 2.05) is 30.3 Å². The Bertz CT molecular complexity index is 288. The molecule has 0 spiro atoms. The van der Waals surface area contributed by atoms with Gasteiger partial charge < -0.3 is 0 Å². The number of rotatable bonds is 7. The smallest absolute Gasteiger partial charge is 0.140 e. The van der Waals surface area contributed by atoms with Gasteiger partial charge in [0.05, 0.1) is 0 Å². The summed E-state index contributed by atoms with van der Waals surface area (Å²) in [5.41, 5.74) is 0. The normalized spacial score (nSPS) is 11.7. The lowest BCUT2D eigenvalue weighted by molar-refractivity contribution is 0.702. The van der Waals surface area contributed by atoms with E-state index in [2.05, 4.69) is 0 Å². The van der Waals surface area contributed by atoms with Crippen molar-refractivity contribution in [2.24, 2.45) is 0 Å². The van der Waals surface area contributed by atoms with Gasteiger partial charge in [0.25, 0.3) is 6.69 Å². The van der Waals surface area contributed by atoms with Crippen molar-refractivity contribution in [2.75, 3.05) is 5.88 Å². The van der Waals surface area contributed by atoms with E-state index in [1.54, 1.807) is 0 Å². The number of hydrogen-bond donors (Lipinski definition) is 0. The molecule has 0 aliphatic heterocycles. The predicted octanol–water partition coefficient (Wildman–Crippen LogP) is 4.61. The van der Waals surface area contributed by atoms with Crippen LogP contribution in [0.4, 0.5) is 0 Å². The third-order valence-corrected chi connectivity index (χ3v) is 7.44. The third kappa shape index (κ3) is 5.09. The van der Waals surface area contributed by atoms with Gasteiger partial charge in [-0.3, -0.25) is 0 Å². The Balaban J connectivity index is 2.35. The van der Waals surface area contributed by atoms with Crippen molar-refractivity contribution in [3.63, 3.8) is 0 Å². The van der Waals surface area contributed by atoms with E-state index in [4.69, 9.17) is 33.8 Å². The Labute approximate surface area is 113 Å². The molecule has 0 saturated heterocycles. The Hall–Kier alpha value is 0.307. The summed E-state index contributed by atoms with van der Waals surface area (Å²) in [5.74, 6) is 0.753. The second kappa shape index (κ2) is 7.60. The van der Waals surface area contributed by atoms with Gasteiger partial charge in [0, 0.05) is 5.88 Å². The monoisotopic (exact) mass is 294 g/mol. The highest BCUT2D eigenvalue weighted by atomic mass is 35.7. The van der Waals surface area contributed by atoms with Crippen molar-refractivity contribution in [3.8, 4) is 0 Å². The molecule has 0 saturated carbocycles. The first kappa shape index (κ1) is 14.4. The molecular weight excluding hydrogens is 279 g/mol. The average Bonchev–Trinajstić information content (AvgIpc) is 2.30. The Kier molecular flexibility index (Phi) is 6.82. The first-order chi connectivity index (χ1) is 7.67. The molecule has 4 heteroatoms. The van der Waals surface area contributed by atoms with Gasteiger partial charge >= 0.3 is 0 Å². The minimum atomic E-state index is -2.23. The highest BCUT2D eigenvalue weighted by molar-refractivity contribution is 7.50. The molecule has 0 unspecified atom stereocenters. The lowest BCUT2D eigenvalue weighted by Gasteiger charge is -2.16. The maximum absolute atomic E-state index is 6.45. The van der Waals surface area contributed by atoms with E-state index in [0.717, 1.165) is 30.0 Å². The van der Waals surface area contributed by atoms with E-state index >= 15 is 0 Å².